The number of rotatable bonds is 3. The molecule has 1 saturated heterocycles. The number of esters is 1. The summed E-state index contributed by atoms with van der Waals surface area (Å²) in [4.78, 5) is 11.8. The third-order valence-corrected chi connectivity index (χ3v) is 7.36. The van der Waals surface area contributed by atoms with Crippen LogP contribution in [0.4, 0.5) is 0 Å². The number of carbonyl (C=O) groups is 1. The monoisotopic (exact) mass is 382 g/mol. The second-order valence-electron chi connectivity index (χ2n) is 4.70. The van der Waals surface area contributed by atoms with E-state index in [1.165, 1.54) is 17.5 Å². The van der Waals surface area contributed by atoms with Gasteiger partial charge in [-0.2, -0.15) is 4.31 Å². The Bertz CT molecular complexity index is 618. The lowest BCUT2D eigenvalue weighted by Gasteiger charge is -2.15. The van der Waals surface area contributed by atoms with Crippen molar-refractivity contribution in [3.05, 3.63) is 14.7 Å². The van der Waals surface area contributed by atoms with Gasteiger partial charge in [-0.15, -0.1) is 11.3 Å². The van der Waals surface area contributed by atoms with E-state index in [0.717, 1.165) is 11.3 Å². The zero-order valence-electron chi connectivity index (χ0n) is 11.0. The van der Waals surface area contributed by atoms with Crippen LogP contribution in [0.5, 0.6) is 0 Å². The second kappa shape index (κ2) is 5.72. The Morgan fingerprint density at radius 2 is 2.20 bits per heavy atom. The van der Waals surface area contributed by atoms with Gasteiger partial charge < -0.3 is 10.5 Å². The summed E-state index contributed by atoms with van der Waals surface area (Å²) < 4.78 is 31.5. The number of thiophene rings is 1. The fraction of sp³-hybridized carbons (Fsp3) is 0.545. The minimum absolute atomic E-state index is 0.0872. The fourth-order valence-corrected chi connectivity index (χ4v) is 6.02. The first kappa shape index (κ1) is 15.9. The third kappa shape index (κ3) is 2.77. The molecule has 20 heavy (non-hydrogen) atoms. The summed E-state index contributed by atoms with van der Waals surface area (Å²) in [5.41, 5.74) is 5.87. The molecule has 0 amide bonds. The lowest BCUT2D eigenvalue weighted by Crippen LogP contribution is -2.32. The van der Waals surface area contributed by atoms with E-state index >= 15 is 0 Å². The molecule has 1 aromatic heterocycles. The SMILES string of the molecule is COC(=O)c1cc(S(=O)(=O)N2CC(C)C(N)C2)c(Br)s1. The van der Waals surface area contributed by atoms with Gasteiger partial charge in [0.25, 0.3) is 0 Å². The van der Waals surface area contributed by atoms with Gasteiger partial charge in [0.05, 0.1) is 10.9 Å². The summed E-state index contributed by atoms with van der Waals surface area (Å²) in [5.74, 6) is -0.439. The summed E-state index contributed by atoms with van der Waals surface area (Å²) in [5, 5.41) is 0. The summed E-state index contributed by atoms with van der Waals surface area (Å²) in [6, 6.07) is 1.17. The highest BCUT2D eigenvalue weighted by Crippen LogP contribution is 2.35. The molecule has 0 bridgehead atoms. The minimum Gasteiger partial charge on any atom is -0.465 e. The Kier molecular flexibility index (Phi) is 4.55. The first-order valence-corrected chi connectivity index (χ1v) is 8.95. The molecule has 1 aliphatic rings. The van der Waals surface area contributed by atoms with Crippen molar-refractivity contribution in [1.82, 2.24) is 4.31 Å². The molecule has 2 N–H and O–H groups in total. The van der Waals surface area contributed by atoms with E-state index in [0.29, 0.717) is 16.9 Å². The molecule has 0 radical (unpaired) electrons. The van der Waals surface area contributed by atoms with Crippen LogP contribution in [-0.2, 0) is 14.8 Å². The smallest absolute Gasteiger partial charge is 0.348 e. The molecule has 0 aromatic carbocycles. The first-order valence-electron chi connectivity index (χ1n) is 5.90. The molecule has 9 heteroatoms. The number of halogens is 1. The van der Waals surface area contributed by atoms with Gasteiger partial charge in [0, 0.05) is 19.1 Å². The van der Waals surface area contributed by atoms with Gasteiger partial charge >= 0.3 is 5.97 Å². The van der Waals surface area contributed by atoms with E-state index < -0.39 is 16.0 Å². The third-order valence-electron chi connectivity index (χ3n) is 3.30. The van der Waals surface area contributed by atoms with Crippen molar-refractivity contribution in [2.24, 2.45) is 11.7 Å². The lowest BCUT2D eigenvalue weighted by molar-refractivity contribution is 0.0606. The molecule has 1 aromatic rings. The van der Waals surface area contributed by atoms with E-state index in [1.807, 2.05) is 6.92 Å². The first-order chi connectivity index (χ1) is 9.27. The second-order valence-corrected chi connectivity index (χ2v) is 8.98. The highest BCUT2D eigenvalue weighted by molar-refractivity contribution is 9.11. The zero-order chi connectivity index (χ0) is 15.1. The number of hydrogen-bond acceptors (Lipinski definition) is 6. The van der Waals surface area contributed by atoms with Crippen molar-refractivity contribution >= 4 is 43.3 Å². The number of nitrogens with two attached hydrogens (primary N) is 1. The van der Waals surface area contributed by atoms with Crippen molar-refractivity contribution in [3.8, 4) is 0 Å². The van der Waals surface area contributed by atoms with Gasteiger partial charge in [0.1, 0.15) is 9.77 Å². The molecule has 112 valence electrons. The largest absolute Gasteiger partial charge is 0.465 e. The van der Waals surface area contributed by atoms with Gasteiger partial charge in [0.15, 0.2) is 0 Å². The van der Waals surface area contributed by atoms with Crippen LogP contribution in [0.2, 0.25) is 0 Å². The van der Waals surface area contributed by atoms with Crippen molar-refractivity contribution in [3.63, 3.8) is 0 Å². The molecule has 1 aliphatic heterocycles. The van der Waals surface area contributed by atoms with Gasteiger partial charge in [-0.25, -0.2) is 13.2 Å². The standard InChI is InChI=1S/C11H15BrN2O4S2/c1-6-4-14(5-7(6)13)20(16,17)9-3-8(11(15)18-2)19-10(9)12/h3,6-7H,4-5,13H2,1-2H3. The van der Waals surface area contributed by atoms with Crippen LogP contribution < -0.4 is 5.73 Å². The van der Waals surface area contributed by atoms with E-state index in [4.69, 9.17) is 5.73 Å². The van der Waals surface area contributed by atoms with Gasteiger partial charge in [-0.3, -0.25) is 0 Å². The number of methoxy groups -OCH3 is 1. The molecular weight excluding hydrogens is 368 g/mol. The molecule has 0 aliphatic carbocycles. The quantitative estimate of drug-likeness (QED) is 0.794. The molecule has 2 heterocycles. The fourth-order valence-electron chi connectivity index (χ4n) is 2.01. The molecule has 2 unspecified atom stereocenters. The lowest BCUT2D eigenvalue weighted by atomic mass is 10.1. The van der Waals surface area contributed by atoms with Crippen molar-refractivity contribution in [1.29, 1.82) is 0 Å². The Balaban J connectivity index is 2.35. The van der Waals surface area contributed by atoms with E-state index in [2.05, 4.69) is 20.7 Å². The van der Waals surface area contributed by atoms with Gasteiger partial charge in [-0.05, 0) is 27.9 Å². The maximum absolute atomic E-state index is 12.6. The van der Waals surface area contributed by atoms with Crippen LogP contribution >= 0.6 is 27.3 Å². The topological polar surface area (TPSA) is 89.7 Å². The molecule has 1 fully saturated rings. The maximum Gasteiger partial charge on any atom is 0.348 e. The summed E-state index contributed by atoms with van der Waals surface area (Å²) >= 11 is 4.24. The van der Waals surface area contributed by atoms with Crippen LogP contribution in [0, 0.1) is 5.92 Å². The number of hydrogen-bond donors (Lipinski definition) is 1. The average molecular weight is 383 g/mol. The van der Waals surface area contributed by atoms with Gasteiger partial charge in [-0.1, -0.05) is 6.92 Å². The average Bonchev–Trinajstić information content (AvgIpc) is 2.93. The molecule has 0 saturated carbocycles. The Hall–Kier alpha value is -0.480. The Labute approximate surface area is 130 Å². The van der Waals surface area contributed by atoms with E-state index in [-0.39, 0.29) is 21.7 Å². The molecular formula is C11H15BrN2O4S2. The summed E-state index contributed by atoms with van der Waals surface area (Å²) in [6.07, 6.45) is 0. The van der Waals surface area contributed by atoms with Crippen molar-refractivity contribution in [2.75, 3.05) is 20.2 Å². The maximum atomic E-state index is 12.6. The molecule has 2 atom stereocenters. The van der Waals surface area contributed by atoms with E-state index in [9.17, 15) is 13.2 Å². The zero-order valence-corrected chi connectivity index (χ0v) is 14.2. The Morgan fingerprint density at radius 3 is 2.70 bits per heavy atom. The molecule has 2 rings (SSSR count). The summed E-state index contributed by atoms with van der Waals surface area (Å²) in [7, 11) is -2.39. The van der Waals surface area contributed by atoms with Crippen LogP contribution in [0.1, 0.15) is 16.6 Å². The molecule has 6 nitrogen and oxygen atoms in total. The van der Waals surface area contributed by atoms with E-state index in [1.54, 1.807) is 0 Å². The number of carbonyl (C=O) groups excluding carboxylic acids is 1. The van der Waals surface area contributed by atoms with Crippen LogP contribution in [-0.4, -0.2) is 44.9 Å². The van der Waals surface area contributed by atoms with Crippen LogP contribution in [0.15, 0.2) is 14.7 Å². The van der Waals surface area contributed by atoms with Crippen molar-refractivity contribution in [2.45, 2.75) is 17.9 Å². The number of nitrogens with zero attached hydrogens (tertiary/aromatic N) is 1. The predicted molar refractivity (Wildman–Crippen MR) is 79.3 cm³/mol. The highest BCUT2D eigenvalue weighted by atomic mass is 79.9. The highest BCUT2D eigenvalue weighted by Gasteiger charge is 2.37. The Morgan fingerprint density at radius 1 is 1.55 bits per heavy atom. The number of ether oxygens (including phenoxy) is 1. The minimum atomic E-state index is -3.65. The number of sulfonamides is 1. The van der Waals surface area contributed by atoms with Crippen molar-refractivity contribution < 1.29 is 17.9 Å². The van der Waals surface area contributed by atoms with Crippen LogP contribution in [0.3, 0.4) is 0 Å². The summed E-state index contributed by atoms with van der Waals surface area (Å²) in [6.45, 7) is 2.60. The normalized spacial score (nSPS) is 24.0. The molecule has 0 spiro atoms. The predicted octanol–water partition coefficient (Wildman–Crippen LogP) is 1.26. The van der Waals surface area contributed by atoms with Crippen LogP contribution in [0.25, 0.3) is 0 Å². The van der Waals surface area contributed by atoms with Gasteiger partial charge in [0.2, 0.25) is 10.0 Å².